The molecule has 11 rings (SSSR count). The zero-order chi connectivity index (χ0) is 36.3. The third kappa shape index (κ3) is 5.43. The number of hydrogen-bond acceptors (Lipinski definition) is 3. The molecule has 0 saturated carbocycles. The highest BCUT2D eigenvalue weighted by atomic mass is 32.1. The second-order valence-corrected chi connectivity index (χ2v) is 16.2. The zero-order valence-corrected chi connectivity index (χ0v) is 31.4. The van der Waals surface area contributed by atoms with Gasteiger partial charge in [-0.25, -0.2) is 0 Å². The van der Waals surface area contributed by atoms with Crippen molar-refractivity contribution in [3.63, 3.8) is 0 Å². The first-order chi connectivity index (χ1) is 27.3. The Kier molecular flexibility index (Phi) is 7.61. The molecular weight excluding hydrogens is 703 g/mol. The summed E-state index contributed by atoms with van der Waals surface area (Å²) in [5.41, 5.74) is 10.7. The summed E-state index contributed by atoms with van der Waals surface area (Å²) in [6, 6.07) is 73.4. The number of hydrogen-bond donors (Lipinski definition) is 0. The minimum atomic E-state index is 1.11. The number of anilines is 3. The van der Waals surface area contributed by atoms with Gasteiger partial charge in [-0.15, -0.1) is 22.7 Å². The van der Waals surface area contributed by atoms with Crippen LogP contribution >= 0.6 is 22.7 Å². The number of rotatable bonds is 6. The molecule has 258 valence electrons. The second kappa shape index (κ2) is 13.1. The maximum absolute atomic E-state index is 2.42. The van der Waals surface area contributed by atoms with Crippen molar-refractivity contribution >= 4 is 90.9 Å². The second-order valence-electron chi connectivity index (χ2n) is 14.1. The van der Waals surface area contributed by atoms with E-state index in [0.717, 1.165) is 17.1 Å². The van der Waals surface area contributed by atoms with Crippen molar-refractivity contribution in [3.05, 3.63) is 200 Å². The summed E-state index contributed by atoms with van der Waals surface area (Å²) in [7, 11) is 0. The van der Waals surface area contributed by atoms with Gasteiger partial charge in [0.2, 0.25) is 0 Å². The van der Waals surface area contributed by atoms with E-state index in [1.54, 1.807) is 0 Å². The average Bonchev–Trinajstić information content (AvgIpc) is 3.82. The van der Waals surface area contributed by atoms with E-state index < -0.39 is 0 Å². The van der Waals surface area contributed by atoms with Crippen LogP contribution in [0, 0.1) is 0 Å². The molecule has 0 atom stereocenters. The number of nitrogens with zero attached hydrogens (tertiary/aromatic N) is 1. The quantitative estimate of drug-likeness (QED) is 0.164. The minimum absolute atomic E-state index is 1.11. The van der Waals surface area contributed by atoms with Crippen molar-refractivity contribution in [2.24, 2.45) is 0 Å². The van der Waals surface area contributed by atoms with Gasteiger partial charge in [0, 0.05) is 63.0 Å². The first-order valence-electron chi connectivity index (χ1n) is 18.7. The van der Waals surface area contributed by atoms with Gasteiger partial charge < -0.3 is 4.90 Å². The molecule has 0 N–H and O–H groups in total. The summed E-state index contributed by atoms with van der Waals surface area (Å²) >= 11 is 3.75. The van der Waals surface area contributed by atoms with E-state index in [9.17, 15) is 0 Å². The molecule has 0 amide bonds. The van der Waals surface area contributed by atoms with Crippen molar-refractivity contribution in [1.82, 2.24) is 0 Å². The van der Waals surface area contributed by atoms with Crippen LogP contribution in [-0.2, 0) is 0 Å². The molecule has 0 radical (unpaired) electrons. The van der Waals surface area contributed by atoms with Gasteiger partial charge in [-0.3, -0.25) is 0 Å². The summed E-state index contributed by atoms with van der Waals surface area (Å²) in [6.07, 6.45) is 0. The van der Waals surface area contributed by atoms with E-state index in [-0.39, 0.29) is 0 Å². The Balaban J connectivity index is 1.11. The van der Waals surface area contributed by atoms with Crippen LogP contribution in [0.15, 0.2) is 200 Å². The fourth-order valence-electron chi connectivity index (χ4n) is 8.29. The van der Waals surface area contributed by atoms with Crippen LogP contribution in [0.2, 0.25) is 0 Å². The van der Waals surface area contributed by atoms with E-state index in [1.807, 2.05) is 22.7 Å². The van der Waals surface area contributed by atoms with Crippen molar-refractivity contribution in [2.45, 2.75) is 0 Å². The van der Waals surface area contributed by atoms with Crippen LogP contribution in [-0.4, -0.2) is 0 Å². The molecule has 0 bridgehead atoms. The van der Waals surface area contributed by atoms with Crippen LogP contribution in [0.4, 0.5) is 17.1 Å². The molecule has 0 saturated heterocycles. The Bertz CT molecular complexity index is 3200. The maximum Gasteiger partial charge on any atom is 0.0476 e. The summed E-state index contributed by atoms with van der Waals surface area (Å²) in [6.45, 7) is 0. The topological polar surface area (TPSA) is 3.24 Å². The Morgan fingerprint density at radius 1 is 0.291 bits per heavy atom. The van der Waals surface area contributed by atoms with Crippen LogP contribution < -0.4 is 4.90 Å². The molecule has 2 aromatic heterocycles. The van der Waals surface area contributed by atoms with Gasteiger partial charge in [-0.05, 0) is 87.1 Å². The summed E-state index contributed by atoms with van der Waals surface area (Å²) < 4.78 is 5.24. The van der Waals surface area contributed by atoms with Gasteiger partial charge >= 0.3 is 0 Å². The molecular formula is C52H33NS2. The van der Waals surface area contributed by atoms with E-state index in [1.165, 1.54) is 84.5 Å². The summed E-state index contributed by atoms with van der Waals surface area (Å²) in [4.78, 5) is 2.42. The van der Waals surface area contributed by atoms with Gasteiger partial charge in [-0.2, -0.15) is 0 Å². The first kappa shape index (κ1) is 32.0. The third-order valence-corrected chi connectivity index (χ3v) is 13.2. The van der Waals surface area contributed by atoms with Crippen molar-refractivity contribution < 1.29 is 0 Å². The van der Waals surface area contributed by atoms with Crippen molar-refractivity contribution in [1.29, 1.82) is 0 Å². The van der Waals surface area contributed by atoms with E-state index in [0.29, 0.717) is 0 Å². The van der Waals surface area contributed by atoms with Crippen LogP contribution in [0.3, 0.4) is 0 Å². The molecule has 0 aliphatic carbocycles. The fraction of sp³-hybridized carbons (Fsp3) is 0. The van der Waals surface area contributed by atoms with Crippen molar-refractivity contribution in [3.8, 4) is 33.4 Å². The molecule has 9 aromatic carbocycles. The number of thiophene rings is 2. The monoisotopic (exact) mass is 735 g/mol. The Labute approximate surface area is 327 Å². The van der Waals surface area contributed by atoms with Crippen LogP contribution in [0.5, 0.6) is 0 Å². The smallest absolute Gasteiger partial charge is 0.0476 e. The lowest BCUT2D eigenvalue weighted by Crippen LogP contribution is -2.10. The lowest BCUT2D eigenvalue weighted by Gasteiger charge is -2.27. The summed E-state index contributed by atoms with van der Waals surface area (Å²) in [5, 5.41) is 7.75. The fourth-order valence-corrected chi connectivity index (χ4v) is 10.7. The lowest BCUT2D eigenvalue weighted by molar-refractivity contribution is 1.29. The molecule has 11 aromatic rings. The van der Waals surface area contributed by atoms with Gasteiger partial charge in [0.25, 0.3) is 0 Å². The molecule has 3 heteroatoms. The largest absolute Gasteiger partial charge is 0.310 e. The molecule has 1 nitrogen and oxygen atoms in total. The van der Waals surface area contributed by atoms with E-state index >= 15 is 0 Å². The average molecular weight is 736 g/mol. The molecule has 0 fully saturated rings. The molecule has 55 heavy (non-hydrogen) atoms. The highest BCUT2D eigenvalue weighted by molar-refractivity contribution is 7.26. The number of benzene rings is 9. The predicted octanol–water partition coefficient (Wildman–Crippen LogP) is 16.0. The molecule has 0 unspecified atom stereocenters. The van der Waals surface area contributed by atoms with Gasteiger partial charge in [0.1, 0.15) is 0 Å². The van der Waals surface area contributed by atoms with E-state index in [4.69, 9.17) is 0 Å². The van der Waals surface area contributed by atoms with Crippen molar-refractivity contribution in [2.75, 3.05) is 4.90 Å². The Morgan fingerprint density at radius 3 is 1.69 bits per heavy atom. The minimum Gasteiger partial charge on any atom is -0.310 e. The van der Waals surface area contributed by atoms with Gasteiger partial charge in [-0.1, -0.05) is 152 Å². The summed E-state index contributed by atoms with van der Waals surface area (Å²) in [5.74, 6) is 0. The normalized spacial score (nSPS) is 11.6. The molecule has 0 aliphatic heterocycles. The molecule has 2 heterocycles. The SMILES string of the molecule is c1ccc(-c2cc(N(c3ccc(-c4cccc5ccccc45)cc3)c3ccc4c(c3)sc3ccccc34)ccc2-c2cccc3c2sc2ccccc23)cc1. The van der Waals surface area contributed by atoms with E-state index in [2.05, 4.69) is 205 Å². The lowest BCUT2D eigenvalue weighted by atomic mass is 9.92. The van der Waals surface area contributed by atoms with Crippen LogP contribution in [0.25, 0.3) is 84.5 Å². The molecule has 0 spiro atoms. The maximum atomic E-state index is 2.42. The first-order valence-corrected chi connectivity index (χ1v) is 20.3. The van der Waals surface area contributed by atoms with Gasteiger partial charge in [0.15, 0.2) is 0 Å². The van der Waals surface area contributed by atoms with Crippen LogP contribution in [0.1, 0.15) is 0 Å². The standard InChI is InChI=1S/C52H33NS2/c1-2-12-35(13-3-1)48-32-38(28-30-42(48)46-20-11-21-47-44-18-7-9-23-50(44)55-52(46)47)53(39-29-31-45-43-17-6-8-22-49(43)54-51(45)33-39)37-26-24-36(25-27-37)41-19-10-15-34-14-4-5-16-40(34)41/h1-33H. The highest BCUT2D eigenvalue weighted by Gasteiger charge is 2.20. The predicted molar refractivity (Wildman–Crippen MR) is 241 cm³/mol. The van der Waals surface area contributed by atoms with Gasteiger partial charge in [0.05, 0.1) is 0 Å². The molecule has 0 aliphatic rings. The zero-order valence-electron chi connectivity index (χ0n) is 29.8. The Hall–Kier alpha value is -6.52. The Morgan fingerprint density at radius 2 is 0.855 bits per heavy atom. The third-order valence-electron chi connectivity index (χ3n) is 10.9. The number of fused-ring (bicyclic) bond motifs is 7. The highest BCUT2D eigenvalue weighted by Crippen LogP contribution is 2.46.